The van der Waals surface area contributed by atoms with Crippen LogP contribution in [0.3, 0.4) is 0 Å². The molecule has 186 valence electrons. The van der Waals surface area contributed by atoms with Gasteiger partial charge in [-0.25, -0.2) is 0 Å². The SMILES string of the molecule is c1cc2c3c(c1)-n1c4c(cccc4c4ccc5ccccc5c41)B3c1cccc3c4cc5ccccc5cc4n-2c13. The molecule has 0 aliphatic carbocycles. The Bertz CT molecular complexity index is 2650. The first-order valence-corrected chi connectivity index (χ1v) is 14.4. The molecular formula is C38H21BN2. The molecule has 7 aromatic carbocycles. The highest BCUT2D eigenvalue weighted by molar-refractivity contribution is 7.00. The van der Waals surface area contributed by atoms with Gasteiger partial charge in [0.2, 0.25) is 0 Å². The van der Waals surface area contributed by atoms with Crippen molar-refractivity contribution in [2.24, 2.45) is 0 Å². The van der Waals surface area contributed by atoms with Crippen LogP contribution < -0.4 is 16.4 Å². The smallest absolute Gasteiger partial charge is 0.252 e. The first-order valence-electron chi connectivity index (χ1n) is 14.4. The molecule has 0 spiro atoms. The van der Waals surface area contributed by atoms with Crippen molar-refractivity contribution in [3.8, 4) is 11.4 Å². The summed E-state index contributed by atoms with van der Waals surface area (Å²) in [6.45, 7) is 0.183. The number of hydrogen-bond donors (Lipinski definition) is 0. The van der Waals surface area contributed by atoms with Crippen molar-refractivity contribution in [2.75, 3.05) is 0 Å². The van der Waals surface area contributed by atoms with Gasteiger partial charge in [0.15, 0.2) is 0 Å². The van der Waals surface area contributed by atoms with Crippen LogP contribution in [0.15, 0.2) is 127 Å². The normalized spacial score (nSPS) is 13.3. The van der Waals surface area contributed by atoms with E-state index >= 15 is 0 Å². The Balaban J connectivity index is 1.39. The van der Waals surface area contributed by atoms with E-state index in [0.717, 1.165) is 0 Å². The molecule has 9 aromatic rings. The van der Waals surface area contributed by atoms with Crippen molar-refractivity contribution >= 4 is 88.3 Å². The van der Waals surface area contributed by atoms with E-state index in [-0.39, 0.29) is 6.71 Å². The van der Waals surface area contributed by atoms with E-state index in [2.05, 4.69) is 137 Å². The number of hydrogen-bond acceptors (Lipinski definition) is 0. The lowest BCUT2D eigenvalue weighted by Crippen LogP contribution is -2.59. The van der Waals surface area contributed by atoms with Crippen molar-refractivity contribution < 1.29 is 0 Å². The third-order valence-electron chi connectivity index (χ3n) is 9.84. The van der Waals surface area contributed by atoms with Crippen molar-refractivity contribution in [3.63, 3.8) is 0 Å². The molecule has 0 amide bonds. The number of para-hydroxylation sites is 2. The van der Waals surface area contributed by atoms with Gasteiger partial charge in [-0.15, -0.1) is 0 Å². The zero-order chi connectivity index (χ0) is 26.4. The fourth-order valence-corrected chi connectivity index (χ4v) is 8.29. The molecule has 0 atom stereocenters. The summed E-state index contributed by atoms with van der Waals surface area (Å²) in [7, 11) is 0. The van der Waals surface area contributed by atoms with Crippen molar-refractivity contribution in [3.05, 3.63) is 127 Å². The minimum absolute atomic E-state index is 0.183. The van der Waals surface area contributed by atoms with E-state index in [1.54, 1.807) is 0 Å². The van der Waals surface area contributed by atoms with Gasteiger partial charge < -0.3 is 9.13 Å². The van der Waals surface area contributed by atoms with Gasteiger partial charge in [-0.05, 0) is 56.8 Å². The standard InChI is InChI=1S/C38H21BN2/c1-2-10-24-21-34-29(20-23(24)9-1)27-13-6-14-30-37(27)40(34)32-16-7-17-33-35(32)39(30)31-15-5-12-26-28-19-18-22-8-3-4-11-25(22)36(28)41(33)38(26)31/h1-21H. The third kappa shape index (κ3) is 2.28. The zero-order valence-corrected chi connectivity index (χ0v) is 22.1. The maximum atomic E-state index is 2.57. The lowest BCUT2D eigenvalue weighted by Gasteiger charge is -2.33. The average Bonchev–Trinajstić information content (AvgIpc) is 3.54. The highest BCUT2D eigenvalue weighted by atomic mass is 15.0. The molecule has 0 N–H and O–H groups in total. The van der Waals surface area contributed by atoms with Gasteiger partial charge in [-0.2, -0.15) is 0 Å². The lowest BCUT2D eigenvalue weighted by molar-refractivity contribution is 1.15. The minimum atomic E-state index is 0.183. The summed E-state index contributed by atoms with van der Waals surface area (Å²) in [6, 6.07) is 47.8. The predicted octanol–water partition coefficient (Wildman–Crippen LogP) is 7.33. The molecule has 2 aliphatic heterocycles. The summed E-state index contributed by atoms with van der Waals surface area (Å²) in [5.41, 5.74) is 12.1. The summed E-state index contributed by atoms with van der Waals surface area (Å²) >= 11 is 0. The monoisotopic (exact) mass is 516 g/mol. The number of nitrogens with zero attached hydrogens (tertiary/aromatic N) is 2. The summed E-state index contributed by atoms with van der Waals surface area (Å²) in [5, 5.41) is 10.5. The van der Waals surface area contributed by atoms with Crippen LogP contribution in [0.5, 0.6) is 0 Å². The number of benzene rings is 7. The zero-order valence-electron chi connectivity index (χ0n) is 22.1. The molecule has 0 unspecified atom stereocenters. The Labute approximate surface area is 235 Å². The summed E-state index contributed by atoms with van der Waals surface area (Å²) in [4.78, 5) is 0. The van der Waals surface area contributed by atoms with Crippen molar-refractivity contribution in [1.29, 1.82) is 0 Å². The van der Waals surface area contributed by atoms with Crippen LogP contribution in [0.4, 0.5) is 0 Å². The van der Waals surface area contributed by atoms with Gasteiger partial charge in [0, 0.05) is 49.3 Å². The Morgan fingerprint density at radius 3 is 1.78 bits per heavy atom. The van der Waals surface area contributed by atoms with E-state index in [1.165, 1.54) is 92.9 Å². The molecule has 41 heavy (non-hydrogen) atoms. The molecule has 11 rings (SSSR count). The van der Waals surface area contributed by atoms with Crippen LogP contribution in [0.2, 0.25) is 0 Å². The quantitative estimate of drug-likeness (QED) is 0.187. The van der Waals surface area contributed by atoms with E-state index in [9.17, 15) is 0 Å². The van der Waals surface area contributed by atoms with Crippen LogP contribution in [-0.2, 0) is 0 Å². The molecule has 4 heterocycles. The minimum Gasteiger partial charge on any atom is -0.310 e. The predicted molar refractivity (Wildman–Crippen MR) is 175 cm³/mol. The van der Waals surface area contributed by atoms with Crippen LogP contribution in [0.1, 0.15) is 0 Å². The van der Waals surface area contributed by atoms with E-state index in [1.807, 2.05) is 0 Å². The van der Waals surface area contributed by atoms with Crippen LogP contribution in [0, 0.1) is 0 Å². The maximum Gasteiger partial charge on any atom is 0.252 e. The van der Waals surface area contributed by atoms with Gasteiger partial charge in [0.1, 0.15) is 0 Å². The fourth-order valence-electron chi connectivity index (χ4n) is 8.29. The van der Waals surface area contributed by atoms with Gasteiger partial charge in [-0.1, -0.05) is 103 Å². The van der Waals surface area contributed by atoms with E-state index in [0.29, 0.717) is 0 Å². The molecule has 0 fully saturated rings. The molecule has 3 heteroatoms. The van der Waals surface area contributed by atoms with Crippen LogP contribution in [0.25, 0.3) is 76.5 Å². The molecule has 0 bridgehead atoms. The van der Waals surface area contributed by atoms with E-state index in [4.69, 9.17) is 0 Å². The Morgan fingerprint density at radius 2 is 0.976 bits per heavy atom. The highest BCUT2D eigenvalue weighted by Gasteiger charge is 2.40. The number of fused-ring (bicyclic) bond motifs is 13. The van der Waals surface area contributed by atoms with Crippen molar-refractivity contribution in [2.45, 2.75) is 0 Å². The molecule has 0 saturated carbocycles. The van der Waals surface area contributed by atoms with Crippen LogP contribution >= 0.6 is 0 Å². The second-order valence-corrected chi connectivity index (χ2v) is 11.7. The highest BCUT2D eigenvalue weighted by Crippen LogP contribution is 2.41. The first-order chi connectivity index (χ1) is 20.4. The molecule has 0 radical (unpaired) electrons. The number of aromatic nitrogens is 2. The molecule has 2 aliphatic rings. The topological polar surface area (TPSA) is 9.86 Å². The third-order valence-corrected chi connectivity index (χ3v) is 9.84. The Hall–Kier alpha value is -5.28. The van der Waals surface area contributed by atoms with E-state index < -0.39 is 0 Å². The summed E-state index contributed by atoms with van der Waals surface area (Å²) in [6.07, 6.45) is 0. The second-order valence-electron chi connectivity index (χ2n) is 11.7. The van der Waals surface area contributed by atoms with Gasteiger partial charge >= 0.3 is 0 Å². The Kier molecular flexibility index (Phi) is 3.46. The molecule has 2 nitrogen and oxygen atoms in total. The summed E-state index contributed by atoms with van der Waals surface area (Å²) in [5.74, 6) is 0. The maximum absolute atomic E-state index is 2.57. The largest absolute Gasteiger partial charge is 0.310 e. The van der Waals surface area contributed by atoms with Gasteiger partial charge in [0.25, 0.3) is 6.71 Å². The van der Waals surface area contributed by atoms with Crippen molar-refractivity contribution in [1.82, 2.24) is 9.13 Å². The molecule has 0 saturated heterocycles. The lowest BCUT2D eigenvalue weighted by atomic mass is 9.34. The number of rotatable bonds is 0. The molecule has 2 aromatic heterocycles. The molecular weight excluding hydrogens is 495 g/mol. The second kappa shape index (κ2) is 6.89. The van der Waals surface area contributed by atoms with Gasteiger partial charge in [-0.3, -0.25) is 0 Å². The first kappa shape index (κ1) is 20.6. The van der Waals surface area contributed by atoms with Crippen LogP contribution in [-0.4, -0.2) is 15.8 Å². The fraction of sp³-hybridized carbons (Fsp3) is 0. The summed E-state index contributed by atoms with van der Waals surface area (Å²) < 4.78 is 5.13. The Morgan fingerprint density at radius 1 is 0.390 bits per heavy atom. The van der Waals surface area contributed by atoms with Gasteiger partial charge in [0.05, 0.1) is 11.0 Å². The average molecular weight is 516 g/mol.